The Bertz CT molecular complexity index is 2210. The molecule has 3 aliphatic carbocycles. The Morgan fingerprint density at radius 2 is 1.35 bits per heavy atom. The Hall–Kier alpha value is -2.48. The zero-order chi connectivity index (χ0) is 35.7. The van der Waals surface area contributed by atoms with E-state index >= 15 is 0 Å². The first-order chi connectivity index (χ1) is 24.5. The van der Waals surface area contributed by atoms with Crippen molar-refractivity contribution >= 4 is 45.9 Å². The van der Waals surface area contributed by atoms with E-state index in [1.165, 1.54) is 110 Å². The summed E-state index contributed by atoms with van der Waals surface area (Å²) in [5.41, 5.74) is 16.2. The third kappa shape index (κ3) is 5.69. The Balaban J connectivity index is 1.28. The third-order valence-electron chi connectivity index (χ3n) is 13.0. The van der Waals surface area contributed by atoms with Crippen molar-refractivity contribution in [3.8, 4) is 22.3 Å². The number of allylic oxidation sites excluding steroid dienone is 2. The summed E-state index contributed by atoms with van der Waals surface area (Å²) in [5.74, 6) is -0.620. The minimum absolute atomic E-state index is 0.0727. The minimum atomic E-state index is -4.89. The number of benzene rings is 5. The van der Waals surface area contributed by atoms with Crippen LogP contribution in [0.25, 0.3) is 45.2 Å². The average molecular weight is 806 g/mol. The SMILES string of the molecule is CC1=Cc2c(-c3ccc(C4CCCCC4)cc3)ccc(C)c2[CH]1[Zr]([Cl])([Cl])([CH]1C(C(C)C)=Cc2c(-c3cccc4ccccc34)cccc21)[SiH](C)C. The van der Waals surface area contributed by atoms with Gasteiger partial charge < -0.3 is 0 Å². The average Bonchev–Trinajstić information content (AvgIpc) is 3.72. The van der Waals surface area contributed by atoms with E-state index in [0.717, 1.165) is 0 Å². The molecule has 4 heteroatoms. The van der Waals surface area contributed by atoms with Crippen LogP contribution >= 0.6 is 17.0 Å². The van der Waals surface area contributed by atoms with Crippen molar-refractivity contribution in [2.24, 2.45) is 5.92 Å². The van der Waals surface area contributed by atoms with E-state index in [0.29, 0.717) is 11.8 Å². The van der Waals surface area contributed by atoms with Crippen LogP contribution in [0, 0.1) is 12.8 Å². The maximum atomic E-state index is 8.76. The quantitative estimate of drug-likeness (QED) is 0.144. The van der Waals surface area contributed by atoms with Gasteiger partial charge in [-0.2, -0.15) is 0 Å². The Morgan fingerprint density at radius 1 is 0.667 bits per heavy atom. The molecule has 5 aromatic rings. The van der Waals surface area contributed by atoms with Gasteiger partial charge in [0.15, 0.2) is 0 Å². The molecule has 0 aromatic heterocycles. The number of hydrogen-bond acceptors (Lipinski definition) is 0. The number of aryl methyl sites for hydroxylation is 1. The van der Waals surface area contributed by atoms with E-state index in [4.69, 9.17) is 17.0 Å². The predicted molar refractivity (Wildman–Crippen MR) is 224 cm³/mol. The number of fused-ring (bicyclic) bond motifs is 3. The molecule has 0 radical (unpaired) electrons. The summed E-state index contributed by atoms with van der Waals surface area (Å²) in [5, 5.41) is 2.55. The molecule has 0 saturated heterocycles. The van der Waals surface area contributed by atoms with Gasteiger partial charge in [0.1, 0.15) is 0 Å². The number of halogens is 2. The van der Waals surface area contributed by atoms with Gasteiger partial charge in [0.25, 0.3) is 0 Å². The fourth-order valence-corrected chi connectivity index (χ4v) is 42.5. The molecule has 2 atom stereocenters. The van der Waals surface area contributed by atoms with Crippen LogP contribution in [0.5, 0.6) is 0 Å². The number of rotatable bonds is 7. The molecule has 2 unspecified atom stereocenters. The second-order valence-corrected chi connectivity index (χ2v) is 59.0. The molecule has 8 rings (SSSR count). The molecule has 3 aliphatic rings. The van der Waals surface area contributed by atoms with Crippen LogP contribution < -0.4 is 0 Å². The van der Waals surface area contributed by atoms with Crippen LogP contribution in [-0.4, -0.2) is 5.92 Å². The van der Waals surface area contributed by atoms with E-state index in [-0.39, 0.29) is 7.25 Å². The Morgan fingerprint density at radius 3 is 2.08 bits per heavy atom. The summed E-state index contributed by atoms with van der Waals surface area (Å²) in [7, 11) is 17.5. The van der Waals surface area contributed by atoms with Crippen molar-refractivity contribution in [3.63, 3.8) is 0 Å². The van der Waals surface area contributed by atoms with Gasteiger partial charge in [0.2, 0.25) is 0 Å². The molecule has 0 spiro atoms. The van der Waals surface area contributed by atoms with E-state index < -0.39 is 21.5 Å². The van der Waals surface area contributed by atoms with Crippen LogP contribution in [0.15, 0.2) is 108 Å². The molecule has 5 aromatic carbocycles. The number of hydrogen-bond donors (Lipinski definition) is 0. The van der Waals surface area contributed by atoms with Crippen LogP contribution in [0.4, 0.5) is 0 Å². The molecule has 0 N–H and O–H groups in total. The fraction of sp³-hybridized carbons (Fsp3) is 0.319. The van der Waals surface area contributed by atoms with Crippen LogP contribution in [0.2, 0.25) is 13.1 Å². The van der Waals surface area contributed by atoms with Crippen molar-refractivity contribution in [3.05, 3.63) is 142 Å². The first-order valence-electron chi connectivity index (χ1n) is 19.3. The standard InChI is InChI=1S/C23H25.C22H19.C2H7Si.2ClH.Zr/c1-16-14-22-17(2)8-13-21(23(22)15-16)20-11-9-19(10-12-20)18-6-4-3-5-7-18;1-15(2)18-13-17-9-6-12-21(22(17)14-18)20-11-5-8-16-7-3-4-10-19(16)20;1-3-2;;;/h8-15,18H,3-7H2,1-2H3;3-15H,1-2H3;3H,1-2H3;2*1H;/q;;;;;+2/p-2. The summed E-state index contributed by atoms with van der Waals surface area (Å²) in [6, 6.07) is 36.6. The van der Waals surface area contributed by atoms with Gasteiger partial charge in [-0.25, -0.2) is 0 Å². The third-order valence-corrected chi connectivity index (χ3v) is 64.9. The molecule has 0 bridgehead atoms. The fourth-order valence-electron chi connectivity index (χ4n) is 10.2. The molecular formula is C47H51Cl2SiZr. The van der Waals surface area contributed by atoms with Gasteiger partial charge in [-0.15, -0.1) is 0 Å². The van der Waals surface area contributed by atoms with Gasteiger partial charge in [0.05, 0.1) is 0 Å². The summed E-state index contributed by atoms with van der Waals surface area (Å²) >= 11 is -4.89. The molecule has 0 heterocycles. The molecular weight excluding hydrogens is 755 g/mol. The second-order valence-electron chi connectivity index (χ2n) is 16.5. The van der Waals surface area contributed by atoms with Crippen molar-refractivity contribution in [1.29, 1.82) is 0 Å². The van der Waals surface area contributed by atoms with E-state index in [1.807, 2.05) is 0 Å². The topological polar surface area (TPSA) is 0 Å². The zero-order valence-electron chi connectivity index (χ0n) is 31.1. The van der Waals surface area contributed by atoms with E-state index in [1.54, 1.807) is 0 Å². The van der Waals surface area contributed by atoms with Gasteiger partial charge in [-0.3, -0.25) is 0 Å². The van der Waals surface area contributed by atoms with Crippen molar-refractivity contribution in [2.45, 2.75) is 86.1 Å². The predicted octanol–water partition coefficient (Wildman–Crippen LogP) is 14.8. The van der Waals surface area contributed by atoms with Crippen molar-refractivity contribution in [1.82, 2.24) is 0 Å². The molecule has 0 nitrogen and oxygen atoms in total. The molecule has 0 aliphatic heterocycles. The van der Waals surface area contributed by atoms with Crippen LogP contribution in [0.3, 0.4) is 0 Å². The van der Waals surface area contributed by atoms with Crippen LogP contribution in [-0.2, 0) is 15.6 Å². The molecule has 51 heavy (non-hydrogen) atoms. The van der Waals surface area contributed by atoms with E-state index in [2.05, 4.69) is 150 Å². The Labute approximate surface area is 314 Å². The maximum absolute atomic E-state index is 8.76. The summed E-state index contributed by atoms with van der Waals surface area (Å²) in [4.78, 5) is 0. The summed E-state index contributed by atoms with van der Waals surface area (Å²) < 4.78 is 0.153. The van der Waals surface area contributed by atoms with Gasteiger partial charge in [0, 0.05) is 0 Å². The summed E-state index contributed by atoms with van der Waals surface area (Å²) in [6.45, 7) is 14.2. The molecule has 0 amide bonds. The van der Waals surface area contributed by atoms with Crippen molar-refractivity contribution < 1.29 is 15.6 Å². The normalized spacial score (nSPS) is 19.9. The first kappa shape index (κ1) is 35.5. The van der Waals surface area contributed by atoms with Gasteiger partial charge >= 0.3 is 317 Å². The first-order valence-corrected chi connectivity index (χ1v) is 35.6. The van der Waals surface area contributed by atoms with Gasteiger partial charge in [-0.1, -0.05) is 0 Å². The molecule has 1 saturated carbocycles. The van der Waals surface area contributed by atoms with Gasteiger partial charge in [-0.05, 0) is 0 Å². The van der Waals surface area contributed by atoms with Crippen molar-refractivity contribution in [2.75, 3.05) is 0 Å². The van der Waals surface area contributed by atoms with Crippen LogP contribution in [0.1, 0.15) is 99.4 Å². The molecule has 261 valence electrons. The second kappa shape index (κ2) is 13.4. The monoisotopic (exact) mass is 803 g/mol. The zero-order valence-corrected chi connectivity index (χ0v) is 36.2. The molecule has 1 fully saturated rings. The van der Waals surface area contributed by atoms with E-state index in [9.17, 15) is 0 Å². The summed E-state index contributed by atoms with van der Waals surface area (Å²) in [6.07, 6.45) is 11.7. The Kier molecular flexibility index (Phi) is 9.36.